The van der Waals surface area contributed by atoms with E-state index in [1.807, 2.05) is 18.4 Å². The van der Waals surface area contributed by atoms with E-state index in [4.69, 9.17) is 31.3 Å². The molecular weight excluding hydrogens is 476 g/mol. The summed E-state index contributed by atoms with van der Waals surface area (Å²) in [6.45, 7) is 4.40. The minimum absolute atomic E-state index is 0.0377. The van der Waals surface area contributed by atoms with Crippen LogP contribution in [0.4, 0.5) is 5.82 Å². The number of anilines is 1. The lowest BCUT2D eigenvalue weighted by atomic mass is 10.1. The highest BCUT2D eigenvalue weighted by Crippen LogP contribution is 2.35. The zero-order valence-electron chi connectivity index (χ0n) is 19.1. The lowest BCUT2D eigenvalue weighted by Gasteiger charge is -2.36. The van der Waals surface area contributed by atoms with Gasteiger partial charge in [0.25, 0.3) is 0 Å². The third-order valence-electron chi connectivity index (χ3n) is 5.26. The fourth-order valence-corrected chi connectivity index (χ4v) is 5.21. The Morgan fingerprint density at radius 1 is 1.15 bits per heavy atom. The van der Waals surface area contributed by atoms with Gasteiger partial charge in [-0.2, -0.15) is 0 Å². The molecule has 33 heavy (non-hydrogen) atoms. The highest BCUT2D eigenvalue weighted by Gasteiger charge is 2.38. The second-order valence-electron chi connectivity index (χ2n) is 7.74. The first-order valence-corrected chi connectivity index (χ1v) is 13.8. The number of ether oxygens (including phenoxy) is 1. The molecule has 4 rings (SSSR count). The SMILES string of the molecule is CCCCSc1nc2c(c(SC)n1)C1=NC(=COc3ccc(Cl)cc3)NN1C(CCCC)N2. The van der Waals surface area contributed by atoms with E-state index in [-0.39, 0.29) is 6.17 Å². The minimum atomic E-state index is 0.0377. The Kier molecular flexibility index (Phi) is 8.27. The van der Waals surface area contributed by atoms with E-state index in [1.165, 1.54) is 0 Å². The smallest absolute Gasteiger partial charge is 0.190 e. The average molecular weight is 505 g/mol. The fraction of sp³-hybridized carbons (Fsp3) is 0.435. The van der Waals surface area contributed by atoms with Crippen molar-refractivity contribution in [1.82, 2.24) is 20.4 Å². The summed E-state index contributed by atoms with van der Waals surface area (Å²) in [7, 11) is 0. The Bertz CT molecular complexity index is 1030. The summed E-state index contributed by atoms with van der Waals surface area (Å²) in [5, 5.41) is 8.11. The van der Waals surface area contributed by atoms with E-state index in [0.29, 0.717) is 16.6 Å². The van der Waals surface area contributed by atoms with Gasteiger partial charge in [-0.25, -0.2) is 20.0 Å². The standard InChI is InChI=1S/C23H29ClN6OS2/c1-4-6-8-18-26-20-19(22(32-3)28-23(27-20)33-13-7-5-2)21-25-17(29-30(18)21)14-31-16-11-9-15(24)10-12-16/h9-12,14,18,29H,4-8,13H2,1-3H3,(H,26,27,28). The molecule has 1 aromatic heterocycles. The molecular formula is C23H29ClN6OS2. The van der Waals surface area contributed by atoms with Crippen LogP contribution in [0.5, 0.6) is 5.75 Å². The zero-order valence-corrected chi connectivity index (χ0v) is 21.5. The molecule has 0 radical (unpaired) electrons. The van der Waals surface area contributed by atoms with E-state index in [0.717, 1.165) is 65.3 Å². The van der Waals surface area contributed by atoms with Crippen LogP contribution in [0, 0.1) is 0 Å². The Labute approximate surface area is 208 Å². The first-order chi connectivity index (χ1) is 16.1. The summed E-state index contributed by atoms with van der Waals surface area (Å²) in [5.74, 6) is 4.02. The normalized spacial score (nSPS) is 17.8. The van der Waals surface area contributed by atoms with Crippen molar-refractivity contribution in [1.29, 1.82) is 0 Å². The number of unbranched alkanes of at least 4 members (excludes halogenated alkanes) is 2. The van der Waals surface area contributed by atoms with Crippen LogP contribution >= 0.6 is 35.1 Å². The molecule has 7 nitrogen and oxygen atoms in total. The van der Waals surface area contributed by atoms with Crippen LogP contribution < -0.4 is 15.5 Å². The molecule has 0 bridgehead atoms. The van der Waals surface area contributed by atoms with Crippen molar-refractivity contribution in [2.45, 2.75) is 62.3 Å². The number of halogens is 1. The molecule has 0 spiro atoms. The summed E-state index contributed by atoms with van der Waals surface area (Å²) >= 11 is 9.30. The van der Waals surface area contributed by atoms with Crippen molar-refractivity contribution in [3.05, 3.63) is 46.9 Å². The van der Waals surface area contributed by atoms with E-state index < -0.39 is 0 Å². The van der Waals surface area contributed by atoms with Crippen LogP contribution in [0.3, 0.4) is 0 Å². The maximum Gasteiger partial charge on any atom is 0.190 e. The van der Waals surface area contributed by atoms with Crippen LogP contribution in [0.25, 0.3) is 0 Å². The van der Waals surface area contributed by atoms with Gasteiger partial charge < -0.3 is 10.1 Å². The van der Waals surface area contributed by atoms with Gasteiger partial charge in [-0.1, -0.05) is 50.1 Å². The Morgan fingerprint density at radius 2 is 1.94 bits per heavy atom. The summed E-state index contributed by atoms with van der Waals surface area (Å²) in [4.78, 5) is 14.6. The number of aromatic nitrogens is 2. The number of aliphatic imine (C=N–C) groups is 1. The number of nitrogens with zero attached hydrogens (tertiary/aromatic N) is 4. The molecule has 2 aliphatic rings. The van der Waals surface area contributed by atoms with Crippen molar-refractivity contribution in [2.24, 2.45) is 4.99 Å². The first-order valence-electron chi connectivity index (χ1n) is 11.3. The van der Waals surface area contributed by atoms with E-state index in [1.54, 1.807) is 41.9 Å². The second-order valence-corrected chi connectivity index (χ2v) is 10.0. The van der Waals surface area contributed by atoms with E-state index in [2.05, 4.69) is 29.6 Å². The molecule has 176 valence electrons. The van der Waals surface area contributed by atoms with E-state index >= 15 is 0 Å². The Hall–Kier alpha value is -2.10. The van der Waals surface area contributed by atoms with Crippen molar-refractivity contribution in [2.75, 3.05) is 17.3 Å². The maximum atomic E-state index is 5.97. The molecule has 1 atom stereocenters. The number of hydrogen-bond donors (Lipinski definition) is 2. The first kappa shape index (κ1) is 24.0. The largest absolute Gasteiger partial charge is 0.461 e. The predicted molar refractivity (Wildman–Crippen MR) is 138 cm³/mol. The second kappa shape index (κ2) is 11.4. The summed E-state index contributed by atoms with van der Waals surface area (Å²) in [6.07, 6.45) is 9.19. The number of nitrogens with one attached hydrogen (secondary N) is 2. The van der Waals surface area contributed by atoms with E-state index in [9.17, 15) is 0 Å². The third-order valence-corrected chi connectivity index (χ3v) is 7.12. The number of rotatable bonds is 10. The average Bonchev–Trinajstić information content (AvgIpc) is 3.26. The number of benzene rings is 1. The van der Waals surface area contributed by atoms with Gasteiger partial charge in [-0.15, -0.1) is 11.8 Å². The van der Waals surface area contributed by atoms with Crippen LogP contribution in [0.2, 0.25) is 5.02 Å². The van der Waals surface area contributed by atoms with Crippen LogP contribution in [0.1, 0.15) is 51.5 Å². The topological polar surface area (TPSA) is 74.7 Å². The summed E-state index contributed by atoms with van der Waals surface area (Å²) in [6, 6.07) is 7.25. The van der Waals surface area contributed by atoms with Gasteiger partial charge in [0, 0.05) is 10.8 Å². The summed E-state index contributed by atoms with van der Waals surface area (Å²) in [5.41, 5.74) is 4.32. The minimum Gasteiger partial charge on any atom is -0.461 e. The molecule has 1 aromatic carbocycles. The summed E-state index contributed by atoms with van der Waals surface area (Å²) < 4.78 is 5.81. The van der Waals surface area contributed by atoms with Crippen LogP contribution in [-0.4, -0.2) is 39.0 Å². The third kappa shape index (κ3) is 5.70. The van der Waals surface area contributed by atoms with Crippen molar-refractivity contribution >= 4 is 46.8 Å². The Balaban J connectivity index is 1.65. The lowest BCUT2D eigenvalue weighted by Crippen LogP contribution is -2.52. The van der Waals surface area contributed by atoms with Gasteiger partial charge in [0.05, 0.1) is 5.56 Å². The van der Waals surface area contributed by atoms with Gasteiger partial charge in [-0.05, 0) is 49.8 Å². The number of hydrazine groups is 1. The molecule has 1 unspecified atom stereocenters. The molecule has 0 saturated carbocycles. The molecule has 10 heteroatoms. The highest BCUT2D eigenvalue weighted by molar-refractivity contribution is 7.99. The van der Waals surface area contributed by atoms with Crippen molar-refractivity contribution in [3.8, 4) is 5.75 Å². The lowest BCUT2D eigenvalue weighted by molar-refractivity contribution is 0.266. The number of amidine groups is 1. The van der Waals surface area contributed by atoms with Crippen LogP contribution in [-0.2, 0) is 0 Å². The molecule has 0 saturated heterocycles. The molecule has 0 amide bonds. The van der Waals surface area contributed by atoms with Gasteiger partial charge in [0.1, 0.15) is 29.0 Å². The van der Waals surface area contributed by atoms with Gasteiger partial charge in [0.15, 0.2) is 16.8 Å². The van der Waals surface area contributed by atoms with Gasteiger partial charge >= 0.3 is 0 Å². The molecule has 2 aromatic rings. The molecule has 0 fully saturated rings. The van der Waals surface area contributed by atoms with Gasteiger partial charge in [0.2, 0.25) is 0 Å². The molecule has 2 aliphatic heterocycles. The molecule has 0 aliphatic carbocycles. The Morgan fingerprint density at radius 3 is 2.67 bits per heavy atom. The van der Waals surface area contributed by atoms with Crippen molar-refractivity contribution < 1.29 is 4.74 Å². The van der Waals surface area contributed by atoms with Gasteiger partial charge in [-0.3, -0.25) is 5.43 Å². The number of fused-ring (bicyclic) bond motifs is 3. The monoisotopic (exact) mass is 504 g/mol. The number of thioether (sulfide) groups is 2. The fourth-order valence-electron chi connectivity index (χ4n) is 3.53. The van der Waals surface area contributed by atoms with Crippen LogP contribution in [0.15, 0.2) is 51.5 Å². The molecule has 2 N–H and O–H groups in total. The molecule has 3 heterocycles. The number of hydrogen-bond acceptors (Lipinski definition) is 9. The van der Waals surface area contributed by atoms with Crippen molar-refractivity contribution in [3.63, 3.8) is 0 Å². The highest BCUT2D eigenvalue weighted by atomic mass is 35.5. The predicted octanol–water partition coefficient (Wildman–Crippen LogP) is 6.13. The quantitative estimate of drug-likeness (QED) is 0.131. The maximum absolute atomic E-state index is 5.97. The zero-order chi connectivity index (χ0) is 23.2.